The first kappa shape index (κ1) is 12.1. The van der Waals surface area contributed by atoms with Gasteiger partial charge in [0.2, 0.25) is 0 Å². The molecular weight excluding hydrogens is 220 g/mol. The first-order valence-electron chi connectivity index (χ1n) is 5.82. The number of carboxylic acids is 1. The highest BCUT2D eigenvalue weighted by molar-refractivity contribution is 5.86. The van der Waals surface area contributed by atoms with Crippen molar-refractivity contribution in [1.82, 2.24) is 9.47 Å². The average Bonchev–Trinajstić information content (AvgIpc) is 2.71. The number of aromatic carboxylic acids is 1. The first-order chi connectivity index (χ1) is 8.11. The van der Waals surface area contributed by atoms with Crippen LogP contribution in [0.2, 0.25) is 0 Å². The third kappa shape index (κ3) is 2.35. The Bertz CT molecular complexity index is 408. The summed E-state index contributed by atoms with van der Waals surface area (Å²) in [5, 5.41) is 9.02. The van der Waals surface area contributed by atoms with Crippen molar-refractivity contribution in [3.8, 4) is 0 Å². The maximum absolute atomic E-state index is 11.0. The number of aromatic nitrogens is 1. The molecule has 1 N–H and O–H groups in total. The summed E-state index contributed by atoms with van der Waals surface area (Å²) in [5.41, 5.74) is 1.37. The number of hydrogen-bond acceptors (Lipinski definition) is 3. The Hall–Kier alpha value is -1.33. The van der Waals surface area contributed by atoms with Crippen LogP contribution < -0.4 is 0 Å². The Morgan fingerprint density at radius 1 is 1.41 bits per heavy atom. The molecule has 5 heteroatoms. The van der Waals surface area contributed by atoms with Crippen molar-refractivity contribution in [1.29, 1.82) is 0 Å². The Labute approximate surface area is 101 Å². The number of morpholine rings is 1. The molecule has 17 heavy (non-hydrogen) atoms. The molecule has 0 amide bonds. The van der Waals surface area contributed by atoms with Crippen LogP contribution in [0.15, 0.2) is 12.1 Å². The zero-order chi connectivity index (χ0) is 12.4. The number of rotatable bonds is 3. The van der Waals surface area contributed by atoms with E-state index >= 15 is 0 Å². The van der Waals surface area contributed by atoms with Crippen molar-refractivity contribution < 1.29 is 14.6 Å². The highest BCUT2D eigenvalue weighted by Crippen LogP contribution is 2.22. The molecule has 2 rings (SSSR count). The molecule has 1 aliphatic heterocycles. The number of ether oxygens (including phenoxy) is 1. The Morgan fingerprint density at radius 2 is 2.06 bits per heavy atom. The van der Waals surface area contributed by atoms with E-state index in [4.69, 9.17) is 9.84 Å². The third-order valence-electron chi connectivity index (χ3n) is 3.40. The van der Waals surface area contributed by atoms with E-state index in [0.717, 1.165) is 32.0 Å². The highest BCUT2D eigenvalue weighted by atomic mass is 16.5. The van der Waals surface area contributed by atoms with Crippen molar-refractivity contribution in [2.75, 3.05) is 26.3 Å². The van der Waals surface area contributed by atoms with Gasteiger partial charge in [-0.2, -0.15) is 0 Å². The normalized spacial score (nSPS) is 19.2. The van der Waals surface area contributed by atoms with Gasteiger partial charge >= 0.3 is 5.97 Å². The van der Waals surface area contributed by atoms with E-state index in [2.05, 4.69) is 11.8 Å². The summed E-state index contributed by atoms with van der Waals surface area (Å²) in [7, 11) is 1.80. The van der Waals surface area contributed by atoms with Gasteiger partial charge in [0.15, 0.2) is 0 Å². The van der Waals surface area contributed by atoms with Crippen LogP contribution in [0.5, 0.6) is 0 Å². The predicted molar refractivity (Wildman–Crippen MR) is 63.2 cm³/mol. The maximum atomic E-state index is 11.0. The fraction of sp³-hybridized carbons (Fsp3) is 0.583. The van der Waals surface area contributed by atoms with Crippen LogP contribution in [0.25, 0.3) is 0 Å². The van der Waals surface area contributed by atoms with Crippen molar-refractivity contribution in [2.24, 2.45) is 7.05 Å². The van der Waals surface area contributed by atoms with E-state index < -0.39 is 5.97 Å². The Kier molecular flexibility index (Phi) is 3.49. The minimum atomic E-state index is -0.882. The Morgan fingerprint density at radius 3 is 2.59 bits per heavy atom. The second-order valence-corrected chi connectivity index (χ2v) is 4.33. The largest absolute Gasteiger partial charge is 0.477 e. The number of carbonyl (C=O) groups is 1. The molecule has 0 bridgehead atoms. The summed E-state index contributed by atoms with van der Waals surface area (Å²) in [6.45, 7) is 5.40. The number of carboxylic acid groups (broad SMARTS) is 1. The molecule has 1 unspecified atom stereocenters. The lowest BCUT2D eigenvalue weighted by atomic mass is 10.2. The SMILES string of the molecule is CC(c1ccc(C(=O)O)n1C)N1CCOCC1. The topological polar surface area (TPSA) is 54.7 Å². The van der Waals surface area contributed by atoms with Crippen LogP contribution in [-0.2, 0) is 11.8 Å². The minimum Gasteiger partial charge on any atom is -0.477 e. The van der Waals surface area contributed by atoms with Gasteiger partial charge in [-0.1, -0.05) is 0 Å². The number of nitrogens with zero attached hydrogens (tertiary/aromatic N) is 2. The van der Waals surface area contributed by atoms with Gasteiger partial charge < -0.3 is 14.4 Å². The van der Waals surface area contributed by atoms with Gasteiger partial charge in [0.25, 0.3) is 0 Å². The van der Waals surface area contributed by atoms with Gasteiger partial charge in [0.1, 0.15) is 5.69 Å². The molecule has 1 fully saturated rings. The summed E-state index contributed by atoms with van der Waals surface area (Å²) in [6, 6.07) is 3.77. The van der Waals surface area contributed by atoms with Crippen molar-refractivity contribution in [3.63, 3.8) is 0 Å². The standard InChI is InChI=1S/C12H18N2O3/c1-9(14-5-7-17-8-6-14)10-3-4-11(12(15)16)13(10)2/h3-4,9H,5-8H2,1-2H3,(H,15,16). The summed E-state index contributed by atoms with van der Waals surface area (Å²) < 4.78 is 7.07. The molecule has 5 nitrogen and oxygen atoms in total. The quantitative estimate of drug-likeness (QED) is 0.857. The smallest absolute Gasteiger partial charge is 0.352 e. The van der Waals surface area contributed by atoms with Gasteiger partial charge in [-0.05, 0) is 19.1 Å². The predicted octanol–water partition coefficient (Wildman–Crippen LogP) is 1.12. The molecule has 1 saturated heterocycles. The maximum Gasteiger partial charge on any atom is 0.352 e. The fourth-order valence-electron chi connectivity index (χ4n) is 2.31. The van der Waals surface area contributed by atoms with Crippen LogP contribution in [0.1, 0.15) is 29.1 Å². The monoisotopic (exact) mass is 238 g/mol. The molecule has 94 valence electrons. The van der Waals surface area contributed by atoms with Crippen LogP contribution in [0.4, 0.5) is 0 Å². The molecule has 1 atom stereocenters. The van der Waals surface area contributed by atoms with Crippen LogP contribution >= 0.6 is 0 Å². The summed E-state index contributed by atoms with van der Waals surface area (Å²) >= 11 is 0. The lowest BCUT2D eigenvalue weighted by Crippen LogP contribution is -2.38. The van der Waals surface area contributed by atoms with Crippen LogP contribution in [0.3, 0.4) is 0 Å². The minimum absolute atomic E-state index is 0.219. The molecular formula is C12H18N2O3. The molecule has 0 spiro atoms. The van der Waals surface area contributed by atoms with Gasteiger partial charge in [0, 0.05) is 31.9 Å². The van der Waals surface area contributed by atoms with Gasteiger partial charge in [-0.15, -0.1) is 0 Å². The third-order valence-corrected chi connectivity index (χ3v) is 3.40. The number of hydrogen-bond donors (Lipinski definition) is 1. The van der Waals surface area contributed by atoms with E-state index in [0.29, 0.717) is 5.69 Å². The fourth-order valence-corrected chi connectivity index (χ4v) is 2.31. The molecule has 2 heterocycles. The zero-order valence-corrected chi connectivity index (χ0v) is 10.2. The molecule has 0 aromatic carbocycles. The summed E-state index contributed by atoms with van der Waals surface area (Å²) in [4.78, 5) is 13.3. The van der Waals surface area contributed by atoms with E-state index in [1.165, 1.54) is 0 Å². The summed E-state index contributed by atoms with van der Waals surface area (Å²) in [6.07, 6.45) is 0. The molecule has 1 aromatic heterocycles. The van der Waals surface area contributed by atoms with E-state index in [-0.39, 0.29) is 6.04 Å². The van der Waals surface area contributed by atoms with Gasteiger partial charge in [-0.25, -0.2) is 4.79 Å². The van der Waals surface area contributed by atoms with E-state index in [9.17, 15) is 4.79 Å². The molecule has 1 aliphatic rings. The summed E-state index contributed by atoms with van der Waals surface area (Å²) in [5.74, 6) is -0.882. The van der Waals surface area contributed by atoms with Crippen molar-refractivity contribution in [2.45, 2.75) is 13.0 Å². The molecule has 1 aromatic rings. The van der Waals surface area contributed by atoms with Crippen LogP contribution in [0, 0.1) is 0 Å². The molecule has 0 radical (unpaired) electrons. The first-order valence-corrected chi connectivity index (χ1v) is 5.82. The molecule has 0 saturated carbocycles. The lowest BCUT2D eigenvalue weighted by Gasteiger charge is -2.32. The van der Waals surface area contributed by atoms with Crippen molar-refractivity contribution in [3.05, 3.63) is 23.5 Å². The second kappa shape index (κ2) is 4.89. The molecule has 0 aliphatic carbocycles. The van der Waals surface area contributed by atoms with E-state index in [1.54, 1.807) is 17.7 Å². The van der Waals surface area contributed by atoms with Crippen LogP contribution in [-0.4, -0.2) is 46.8 Å². The zero-order valence-electron chi connectivity index (χ0n) is 10.2. The van der Waals surface area contributed by atoms with Gasteiger partial charge in [0.05, 0.1) is 13.2 Å². The van der Waals surface area contributed by atoms with Crippen molar-refractivity contribution >= 4 is 5.97 Å². The van der Waals surface area contributed by atoms with E-state index in [1.807, 2.05) is 6.07 Å². The second-order valence-electron chi connectivity index (χ2n) is 4.33. The Balaban J connectivity index is 2.18. The lowest BCUT2D eigenvalue weighted by molar-refractivity contribution is 0.0184. The van der Waals surface area contributed by atoms with Gasteiger partial charge in [-0.3, -0.25) is 4.90 Å². The average molecular weight is 238 g/mol. The highest BCUT2D eigenvalue weighted by Gasteiger charge is 2.22.